The molecule has 0 aliphatic carbocycles. The standard InChI is InChI=1S/C13H24N4O3/c1-3-14-13(16-8-10-20-2)15-7-9-17-11(18)5-4-6-12(17)19/h3-10H2,1-2H3,(H2,14,15,16). The van der Waals surface area contributed by atoms with E-state index in [1.807, 2.05) is 6.92 Å². The van der Waals surface area contributed by atoms with Crippen molar-refractivity contribution in [1.82, 2.24) is 15.5 Å². The summed E-state index contributed by atoms with van der Waals surface area (Å²) in [5.41, 5.74) is 0. The molecule has 114 valence electrons. The molecule has 0 bridgehead atoms. The molecule has 0 radical (unpaired) electrons. The summed E-state index contributed by atoms with van der Waals surface area (Å²) < 4.78 is 4.94. The van der Waals surface area contributed by atoms with Crippen molar-refractivity contribution >= 4 is 17.8 Å². The van der Waals surface area contributed by atoms with Crippen molar-refractivity contribution in [2.24, 2.45) is 4.99 Å². The molecule has 1 aliphatic heterocycles. The highest BCUT2D eigenvalue weighted by atomic mass is 16.5. The lowest BCUT2D eigenvalue weighted by Gasteiger charge is -2.25. The van der Waals surface area contributed by atoms with Gasteiger partial charge in [-0.05, 0) is 13.3 Å². The van der Waals surface area contributed by atoms with Gasteiger partial charge in [0.05, 0.1) is 13.2 Å². The Morgan fingerprint density at radius 2 is 2.00 bits per heavy atom. The van der Waals surface area contributed by atoms with Crippen molar-refractivity contribution in [3.05, 3.63) is 0 Å². The fraction of sp³-hybridized carbons (Fsp3) is 0.769. The lowest BCUT2D eigenvalue weighted by Crippen LogP contribution is -2.46. The zero-order valence-electron chi connectivity index (χ0n) is 12.3. The van der Waals surface area contributed by atoms with E-state index in [4.69, 9.17) is 4.74 Å². The maximum atomic E-state index is 11.6. The molecule has 0 spiro atoms. The molecule has 1 fully saturated rings. The van der Waals surface area contributed by atoms with Crippen molar-refractivity contribution in [3.63, 3.8) is 0 Å². The summed E-state index contributed by atoms with van der Waals surface area (Å²) >= 11 is 0. The molecular formula is C13H24N4O3. The van der Waals surface area contributed by atoms with Gasteiger partial charge >= 0.3 is 0 Å². The molecule has 0 aromatic carbocycles. The number of likely N-dealkylation sites (tertiary alicyclic amines) is 1. The van der Waals surface area contributed by atoms with Crippen molar-refractivity contribution in [2.75, 3.05) is 39.9 Å². The highest BCUT2D eigenvalue weighted by Gasteiger charge is 2.25. The number of piperidine rings is 1. The lowest BCUT2D eigenvalue weighted by molar-refractivity contribution is -0.147. The number of guanidine groups is 1. The first-order valence-electron chi connectivity index (χ1n) is 7.03. The summed E-state index contributed by atoms with van der Waals surface area (Å²) in [6, 6.07) is 0. The summed E-state index contributed by atoms with van der Waals surface area (Å²) in [5, 5.41) is 6.20. The zero-order chi connectivity index (χ0) is 14.8. The number of aliphatic imine (C=N–C) groups is 1. The summed E-state index contributed by atoms with van der Waals surface area (Å²) in [6.07, 6.45) is 1.60. The number of carbonyl (C=O) groups is 2. The highest BCUT2D eigenvalue weighted by molar-refractivity contribution is 5.97. The van der Waals surface area contributed by atoms with E-state index in [2.05, 4.69) is 15.6 Å². The number of imide groups is 1. The van der Waals surface area contributed by atoms with Crippen LogP contribution >= 0.6 is 0 Å². The molecule has 1 saturated heterocycles. The van der Waals surface area contributed by atoms with Crippen LogP contribution in [0.1, 0.15) is 26.2 Å². The maximum absolute atomic E-state index is 11.6. The molecule has 2 amide bonds. The Morgan fingerprint density at radius 1 is 1.30 bits per heavy atom. The third-order valence-electron chi connectivity index (χ3n) is 2.92. The molecular weight excluding hydrogens is 260 g/mol. The number of amides is 2. The van der Waals surface area contributed by atoms with Crippen LogP contribution in [-0.2, 0) is 14.3 Å². The number of carbonyl (C=O) groups excluding carboxylic acids is 2. The van der Waals surface area contributed by atoms with E-state index < -0.39 is 0 Å². The molecule has 20 heavy (non-hydrogen) atoms. The third kappa shape index (κ3) is 5.56. The predicted molar refractivity (Wildman–Crippen MR) is 76.4 cm³/mol. The van der Waals surface area contributed by atoms with Crippen LogP contribution in [0.3, 0.4) is 0 Å². The van der Waals surface area contributed by atoms with Crippen molar-refractivity contribution in [1.29, 1.82) is 0 Å². The minimum absolute atomic E-state index is 0.0793. The smallest absolute Gasteiger partial charge is 0.229 e. The molecule has 1 aliphatic rings. The van der Waals surface area contributed by atoms with Crippen LogP contribution in [0.2, 0.25) is 0 Å². The Kier molecular flexibility index (Phi) is 7.64. The van der Waals surface area contributed by atoms with Crippen LogP contribution in [0, 0.1) is 0 Å². The van der Waals surface area contributed by atoms with Gasteiger partial charge in [-0.2, -0.15) is 0 Å². The van der Waals surface area contributed by atoms with Gasteiger partial charge in [0.1, 0.15) is 0 Å². The number of hydrogen-bond acceptors (Lipinski definition) is 4. The molecule has 7 heteroatoms. The highest BCUT2D eigenvalue weighted by Crippen LogP contribution is 2.11. The molecule has 0 unspecified atom stereocenters. The Morgan fingerprint density at radius 3 is 2.60 bits per heavy atom. The van der Waals surface area contributed by atoms with Crippen molar-refractivity contribution in [2.45, 2.75) is 26.2 Å². The summed E-state index contributed by atoms with van der Waals surface area (Å²) in [6.45, 7) is 4.72. The van der Waals surface area contributed by atoms with Crippen LogP contribution in [0.15, 0.2) is 4.99 Å². The van der Waals surface area contributed by atoms with Gasteiger partial charge < -0.3 is 15.4 Å². The van der Waals surface area contributed by atoms with Crippen LogP contribution in [0.4, 0.5) is 0 Å². The second-order valence-electron chi connectivity index (χ2n) is 4.47. The van der Waals surface area contributed by atoms with Gasteiger partial charge in [-0.1, -0.05) is 0 Å². The number of methoxy groups -OCH3 is 1. The van der Waals surface area contributed by atoms with Gasteiger partial charge in [-0.25, -0.2) is 0 Å². The van der Waals surface area contributed by atoms with E-state index in [0.29, 0.717) is 51.5 Å². The Balaban J connectivity index is 2.37. The average Bonchev–Trinajstić information content (AvgIpc) is 2.42. The first-order chi connectivity index (χ1) is 9.69. The second-order valence-corrected chi connectivity index (χ2v) is 4.47. The van der Waals surface area contributed by atoms with Crippen LogP contribution in [-0.4, -0.2) is 62.6 Å². The van der Waals surface area contributed by atoms with Gasteiger partial charge in [0.15, 0.2) is 5.96 Å². The normalized spacial score (nSPS) is 16.5. The minimum Gasteiger partial charge on any atom is -0.383 e. The van der Waals surface area contributed by atoms with Gasteiger partial charge in [0, 0.05) is 39.6 Å². The largest absolute Gasteiger partial charge is 0.383 e. The SMILES string of the molecule is CCNC(=NCCOC)NCCN1C(=O)CCCC1=O. The zero-order valence-corrected chi connectivity index (χ0v) is 12.3. The Bertz CT molecular complexity index is 342. The minimum atomic E-state index is -0.0793. The second kappa shape index (κ2) is 9.30. The Hall–Kier alpha value is -1.63. The molecule has 0 saturated carbocycles. The topological polar surface area (TPSA) is 83.0 Å². The molecule has 0 aromatic heterocycles. The van der Waals surface area contributed by atoms with Gasteiger partial charge in [0.25, 0.3) is 0 Å². The van der Waals surface area contributed by atoms with Gasteiger partial charge in [0.2, 0.25) is 11.8 Å². The molecule has 2 N–H and O–H groups in total. The molecule has 7 nitrogen and oxygen atoms in total. The van der Waals surface area contributed by atoms with Crippen molar-refractivity contribution < 1.29 is 14.3 Å². The molecule has 0 aromatic rings. The third-order valence-corrected chi connectivity index (χ3v) is 2.92. The summed E-state index contributed by atoms with van der Waals surface area (Å²) in [7, 11) is 1.63. The van der Waals surface area contributed by atoms with Crippen LogP contribution < -0.4 is 10.6 Å². The fourth-order valence-corrected chi connectivity index (χ4v) is 1.93. The average molecular weight is 284 g/mol. The maximum Gasteiger partial charge on any atom is 0.229 e. The Labute approximate surface area is 119 Å². The molecule has 0 atom stereocenters. The van der Waals surface area contributed by atoms with E-state index in [1.54, 1.807) is 7.11 Å². The van der Waals surface area contributed by atoms with E-state index in [9.17, 15) is 9.59 Å². The first-order valence-corrected chi connectivity index (χ1v) is 7.03. The number of nitrogens with one attached hydrogen (secondary N) is 2. The van der Waals surface area contributed by atoms with Crippen molar-refractivity contribution in [3.8, 4) is 0 Å². The number of rotatable bonds is 7. The fourth-order valence-electron chi connectivity index (χ4n) is 1.93. The van der Waals surface area contributed by atoms with Crippen LogP contribution in [0.5, 0.6) is 0 Å². The van der Waals surface area contributed by atoms with Gasteiger partial charge in [-0.15, -0.1) is 0 Å². The van der Waals surface area contributed by atoms with E-state index in [1.165, 1.54) is 4.90 Å². The molecule has 1 heterocycles. The van der Waals surface area contributed by atoms with Crippen LogP contribution in [0.25, 0.3) is 0 Å². The molecule has 1 rings (SSSR count). The summed E-state index contributed by atoms with van der Waals surface area (Å²) in [5.74, 6) is 0.509. The van der Waals surface area contributed by atoms with E-state index >= 15 is 0 Å². The van der Waals surface area contributed by atoms with Gasteiger partial charge in [-0.3, -0.25) is 19.5 Å². The monoisotopic (exact) mass is 284 g/mol. The van der Waals surface area contributed by atoms with E-state index in [0.717, 1.165) is 6.54 Å². The predicted octanol–water partition coefficient (Wildman–Crippen LogP) is -0.273. The number of hydrogen-bond donors (Lipinski definition) is 2. The number of ether oxygens (including phenoxy) is 1. The quantitative estimate of drug-likeness (QED) is 0.291. The summed E-state index contributed by atoms with van der Waals surface area (Å²) in [4.78, 5) is 28.9. The lowest BCUT2D eigenvalue weighted by atomic mass is 10.1. The number of nitrogens with zero attached hydrogens (tertiary/aromatic N) is 2. The van der Waals surface area contributed by atoms with E-state index in [-0.39, 0.29) is 11.8 Å². The first kappa shape index (κ1) is 16.4.